The van der Waals surface area contributed by atoms with Gasteiger partial charge in [-0.05, 0) is 38.1 Å². The van der Waals surface area contributed by atoms with Crippen LogP contribution in [0.4, 0.5) is 0 Å². The topological polar surface area (TPSA) is 24.5 Å². The number of ether oxygens (including phenoxy) is 1. The molecule has 1 aromatic rings. The van der Waals surface area contributed by atoms with E-state index in [0.29, 0.717) is 6.04 Å². The molecule has 0 spiro atoms. The molecule has 0 aliphatic heterocycles. The molecule has 1 rings (SSSR count). The molecule has 0 aliphatic carbocycles. The molecular weight excluding hydrogens is 236 g/mol. The summed E-state index contributed by atoms with van der Waals surface area (Å²) in [6.45, 7) is 8.16. The van der Waals surface area contributed by atoms with Crippen molar-refractivity contribution in [2.24, 2.45) is 0 Å². The molecule has 1 N–H and O–H groups in total. The molecule has 108 valence electrons. The minimum Gasteiger partial charge on any atom is -0.383 e. The van der Waals surface area contributed by atoms with Crippen LogP contribution < -0.4 is 5.32 Å². The summed E-state index contributed by atoms with van der Waals surface area (Å²) in [5.41, 5.74) is 2.70. The molecule has 1 aromatic carbocycles. The zero-order chi connectivity index (χ0) is 14.1. The van der Waals surface area contributed by atoms with E-state index in [1.54, 1.807) is 7.11 Å². The van der Waals surface area contributed by atoms with Crippen molar-refractivity contribution < 1.29 is 4.74 Å². The van der Waals surface area contributed by atoms with Gasteiger partial charge in [-0.1, -0.05) is 31.2 Å². The second kappa shape index (κ2) is 9.08. The van der Waals surface area contributed by atoms with Crippen LogP contribution in [0.2, 0.25) is 0 Å². The van der Waals surface area contributed by atoms with E-state index in [1.807, 2.05) is 0 Å². The normalized spacial score (nSPS) is 12.9. The summed E-state index contributed by atoms with van der Waals surface area (Å²) in [5, 5.41) is 3.42. The largest absolute Gasteiger partial charge is 0.383 e. The number of rotatable bonds is 9. The zero-order valence-corrected chi connectivity index (χ0v) is 12.8. The van der Waals surface area contributed by atoms with E-state index in [4.69, 9.17) is 4.74 Å². The van der Waals surface area contributed by atoms with Crippen LogP contribution >= 0.6 is 0 Å². The van der Waals surface area contributed by atoms with Gasteiger partial charge in [0.25, 0.3) is 0 Å². The Kier molecular flexibility index (Phi) is 7.72. The van der Waals surface area contributed by atoms with Crippen molar-refractivity contribution in [3.05, 3.63) is 35.4 Å². The van der Waals surface area contributed by atoms with Gasteiger partial charge >= 0.3 is 0 Å². The first kappa shape index (κ1) is 16.2. The molecule has 0 heterocycles. The van der Waals surface area contributed by atoms with Crippen molar-refractivity contribution in [1.29, 1.82) is 0 Å². The van der Waals surface area contributed by atoms with Crippen molar-refractivity contribution in [2.45, 2.75) is 39.4 Å². The van der Waals surface area contributed by atoms with E-state index in [0.717, 1.165) is 26.2 Å². The summed E-state index contributed by atoms with van der Waals surface area (Å²) in [5.74, 6) is 0. The Morgan fingerprint density at radius 3 is 2.42 bits per heavy atom. The monoisotopic (exact) mass is 264 g/mol. The Hall–Kier alpha value is -0.900. The molecule has 0 saturated heterocycles. The molecule has 0 aliphatic rings. The average molecular weight is 264 g/mol. The van der Waals surface area contributed by atoms with Crippen LogP contribution in [0.25, 0.3) is 0 Å². The van der Waals surface area contributed by atoms with Crippen molar-refractivity contribution in [3.8, 4) is 0 Å². The maximum Gasteiger partial charge on any atom is 0.0615 e. The Balaban J connectivity index is 2.43. The molecule has 0 saturated carbocycles. The number of hydrogen-bond acceptors (Lipinski definition) is 3. The van der Waals surface area contributed by atoms with Gasteiger partial charge < -0.3 is 10.1 Å². The van der Waals surface area contributed by atoms with Crippen LogP contribution in [-0.2, 0) is 17.8 Å². The van der Waals surface area contributed by atoms with Crippen LogP contribution in [0.5, 0.6) is 0 Å². The number of likely N-dealkylation sites (N-methyl/N-ethyl adjacent to an activating group) is 1. The maximum absolute atomic E-state index is 5.19. The summed E-state index contributed by atoms with van der Waals surface area (Å²) in [4.78, 5) is 2.31. The zero-order valence-electron chi connectivity index (χ0n) is 12.8. The maximum atomic E-state index is 5.19. The fourth-order valence-corrected chi connectivity index (χ4v) is 1.98. The number of methoxy groups -OCH3 is 1. The van der Waals surface area contributed by atoms with Crippen LogP contribution in [0.3, 0.4) is 0 Å². The Morgan fingerprint density at radius 2 is 1.84 bits per heavy atom. The third-order valence-corrected chi connectivity index (χ3v) is 3.37. The average Bonchev–Trinajstić information content (AvgIpc) is 2.41. The Bertz CT molecular complexity index is 337. The molecule has 1 unspecified atom stereocenters. The van der Waals surface area contributed by atoms with E-state index in [-0.39, 0.29) is 0 Å². The highest BCUT2D eigenvalue weighted by Crippen LogP contribution is 2.09. The van der Waals surface area contributed by atoms with E-state index >= 15 is 0 Å². The van der Waals surface area contributed by atoms with Gasteiger partial charge in [-0.2, -0.15) is 0 Å². The van der Waals surface area contributed by atoms with Gasteiger partial charge in [0.15, 0.2) is 0 Å². The summed E-state index contributed by atoms with van der Waals surface area (Å²) in [6, 6.07) is 9.31. The van der Waals surface area contributed by atoms with Gasteiger partial charge in [0.2, 0.25) is 0 Å². The summed E-state index contributed by atoms with van der Waals surface area (Å²) in [7, 11) is 3.89. The van der Waals surface area contributed by atoms with Gasteiger partial charge in [-0.3, -0.25) is 4.90 Å². The molecular formula is C16H28N2O. The molecule has 0 bridgehead atoms. The SMILES string of the molecule is CCCNCc1ccc(CN(C)C(C)COC)cc1. The minimum absolute atomic E-state index is 0.441. The third-order valence-electron chi connectivity index (χ3n) is 3.37. The number of hydrogen-bond donors (Lipinski definition) is 1. The second-order valence-electron chi connectivity index (χ2n) is 5.21. The lowest BCUT2D eigenvalue weighted by Crippen LogP contribution is -2.32. The Morgan fingerprint density at radius 1 is 1.21 bits per heavy atom. The lowest BCUT2D eigenvalue weighted by Gasteiger charge is -2.24. The van der Waals surface area contributed by atoms with Crippen LogP contribution in [0, 0.1) is 0 Å². The first-order valence-electron chi connectivity index (χ1n) is 7.15. The van der Waals surface area contributed by atoms with Gasteiger partial charge in [0, 0.05) is 26.2 Å². The van der Waals surface area contributed by atoms with Crippen LogP contribution in [0.15, 0.2) is 24.3 Å². The summed E-state index contributed by atoms with van der Waals surface area (Å²) >= 11 is 0. The molecule has 3 nitrogen and oxygen atoms in total. The van der Waals surface area contributed by atoms with Gasteiger partial charge in [0.05, 0.1) is 6.61 Å². The lowest BCUT2D eigenvalue weighted by molar-refractivity contribution is 0.112. The van der Waals surface area contributed by atoms with Gasteiger partial charge in [0.1, 0.15) is 0 Å². The number of nitrogens with zero attached hydrogens (tertiary/aromatic N) is 1. The number of benzene rings is 1. The van der Waals surface area contributed by atoms with Crippen molar-refractivity contribution in [1.82, 2.24) is 10.2 Å². The third kappa shape index (κ3) is 6.19. The molecule has 0 amide bonds. The fraction of sp³-hybridized carbons (Fsp3) is 0.625. The van der Waals surface area contributed by atoms with Crippen LogP contribution in [-0.4, -0.2) is 38.3 Å². The number of nitrogens with one attached hydrogen (secondary N) is 1. The second-order valence-corrected chi connectivity index (χ2v) is 5.21. The molecule has 19 heavy (non-hydrogen) atoms. The summed E-state index contributed by atoms with van der Waals surface area (Å²) < 4.78 is 5.19. The lowest BCUT2D eigenvalue weighted by atomic mass is 10.1. The quantitative estimate of drug-likeness (QED) is 0.694. The van der Waals surface area contributed by atoms with Crippen LogP contribution in [0.1, 0.15) is 31.4 Å². The highest BCUT2D eigenvalue weighted by Gasteiger charge is 2.08. The van der Waals surface area contributed by atoms with Gasteiger partial charge in [-0.15, -0.1) is 0 Å². The molecule has 0 aromatic heterocycles. The first-order valence-corrected chi connectivity index (χ1v) is 7.15. The molecule has 3 heteroatoms. The van der Waals surface area contributed by atoms with Crippen molar-refractivity contribution in [2.75, 3.05) is 27.3 Å². The van der Waals surface area contributed by atoms with E-state index < -0.39 is 0 Å². The highest BCUT2D eigenvalue weighted by atomic mass is 16.5. The standard InChI is InChI=1S/C16H28N2O/c1-5-10-17-11-15-6-8-16(9-7-15)12-18(3)14(2)13-19-4/h6-9,14,17H,5,10-13H2,1-4H3. The molecule has 1 atom stereocenters. The summed E-state index contributed by atoms with van der Waals surface area (Å²) in [6.07, 6.45) is 1.18. The molecule has 0 fully saturated rings. The van der Waals surface area contributed by atoms with E-state index in [9.17, 15) is 0 Å². The van der Waals surface area contributed by atoms with Crippen molar-refractivity contribution >= 4 is 0 Å². The highest BCUT2D eigenvalue weighted by molar-refractivity contribution is 5.22. The smallest absolute Gasteiger partial charge is 0.0615 e. The minimum atomic E-state index is 0.441. The van der Waals surface area contributed by atoms with E-state index in [1.165, 1.54) is 17.5 Å². The predicted octanol–water partition coefficient (Wildman–Crippen LogP) is 2.65. The Labute approximate surface area is 118 Å². The van der Waals surface area contributed by atoms with Crippen molar-refractivity contribution in [3.63, 3.8) is 0 Å². The predicted molar refractivity (Wildman–Crippen MR) is 81.2 cm³/mol. The fourth-order valence-electron chi connectivity index (χ4n) is 1.98. The van der Waals surface area contributed by atoms with Gasteiger partial charge in [-0.25, -0.2) is 0 Å². The van der Waals surface area contributed by atoms with E-state index in [2.05, 4.69) is 55.4 Å². The first-order chi connectivity index (χ1) is 9.17. The molecule has 0 radical (unpaired) electrons.